The Hall–Kier alpha value is -2.61. The van der Waals surface area contributed by atoms with E-state index in [0.717, 1.165) is 5.69 Å². The Kier molecular flexibility index (Phi) is 6.28. The topological polar surface area (TPSA) is 89.5 Å². The Labute approximate surface area is 162 Å². The molecule has 0 saturated heterocycles. The first kappa shape index (κ1) is 19.2. The van der Waals surface area contributed by atoms with E-state index >= 15 is 0 Å². The fourth-order valence-corrected chi connectivity index (χ4v) is 3.34. The van der Waals surface area contributed by atoms with Crippen molar-refractivity contribution in [2.45, 2.75) is 32.6 Å². The second-order valence-electron chi connectivity index (χ2n) is 6.11. The number of thiazole rings is 1. The fraction of sp³-hybridized carbons (Fsp3) is 0.421. The highest BCUT2D eigenvalue weighted by Gasteiger charge is 2.26. The maximum absolute atomic E-state index is 12.3. The number of carbonyl (C=O) groups excluding carboxylic acids is 2. The van der Waals surface area contributed by atoms with E-state index in [-0.39, 0.29) is 18.4 Å². The third-order valence-corrected chi connectivity index (χ3v) is 4.75. The van der Waals surface area contributed by atoms with Crippen molar-refractivity contribution in [3.8, 4) is 11.5 Å². The number of benzene rings is 1. The monoisotopic (exact) mass is 389 g/mol. The Morgan fingerprint density at radius 1 is 1.19 bits per heavy atom. The number of ether oxygens (including phenoxy) is 2. The largest absolute Gasteiger partial charge is 0.490 e. The van der Waals surface area contributed by atoms with E-state index in [4.69, 9.17) is 9.47 Å². The predicted octanol–water partition coefficient (Wildman–Crippen LogP) is 3.19. The molecule has 0 aliphatic heterocycles. The van der Waals surface area contributed by atoms with E-state index in [1.54, 1.807) is 18.2 Å². The van der Waals surface area contributed by atoms with Crippen molar-refractivity contribution in [1.82, 2.24) is 10.3 Å². The molecule has 1 aromatic carbocycles. The molecule has 7 nitrogen and oxygen atoms in total. The molecule has 3 rings (SSSR count). The molecule has 0 bridgehead atoms. The molecule has 144 valence electrons. The van der Waals surface area contributed by atoms with E-state index in [9.17, 15) is 9.59 Å². The molecule has 1 fully saturated rings. The van der Waals surface area contributed by atoms with Crippen LogP contribution in [0.3, 0.4) is 0 Å². The summed E-state index contributed by atoms with van der Waals surface area (Å²) in [6.07, 6.45) is 2.33. The maximum atomic E-state index is 12.3. The fourth-order valence-electron chi connectivity index (χ4n) is 2.53. The predicted molar refractivity (Wildman–Crippen MR) is 104 cm³/mol. The Morgan fingerprint density at radius 2 is 1.93 bits per heavy atom. The summed E-state index contributed by atoms with van der Waals surface area (Å²) in [7, 11) is 0. The van der Waals surface area contributed by atoms with Gasteiger partial charge < -0.3 is 20.1 Å². The van der Waals surface area contributed by atoms with Gasteiger partial charge in [0.25, 0.3) is 5.91 Å². The van der Waals surface area contributed by atoms with E-state index in [0.29, 0.717) is 41.3 Å². The molecule has 0 spiro atoms. The van der Waals surface area contributed by atoms with Crippen molar-refractivity contribution in [2.24, 2.45) is 0 Å². The van der Waals surface area contributed by atoms with Crippen LogP contribution in [0.25, 0.3) is 0 Å². The molecule has 0 unspecified atom stereocenters. The quantitative estimate of drug-likeness (QED) is 0.687. The average Bonchev–Trinajstić information content (AvgIpc) is 3.41. The van der Waals surface area contributed by atoms with Crippen molar-refractivity contribution in [2.75, 3.05) is 25.1 Å². The van der Waals surface area contributed by atoms with Crippen LogP contribution in [0.1, 0.15) is 48.7 Å². The number of anilines is 1. The van der Waals surface area contributed by atoms with Gasteiger partial charge in [-0.1, -0.05) is 0 Å². The van der Waals surface area contributed by atoms with Crippen LogP contribution in [0.5, 0.6) is 11.5 Å². The zero-order valence-electron chi connectivity index (χ0n) is 15.4. The van der Waals surface area contributed by atoms with Gasteiger partial charge in [0.05, 0.1) is 25.5 Å². The van der Waals surface area contributed by atoms with Gasteiger partial charge in [0.2, 0.25) is 5.91 Å². The molecule has 2 amide bonds. The number of hydrogen-bond donors (Lipinski definition) is 2. The Bertz CT molecular complexity index is 817. The van der Waals surface area contributed by atoms with E-state index in [1.807, 2.05) is 19.2 Å². The molecule has 1 heterocycles. The summed E-state index contributed by atoms with van der Waals surface area (Å²) < 4.78 is 11.0. The number of hydrogen-bond acceptors (Lipinski definition) is 6. The van der Waals surface area contributed by atoms with Gasteiger partial charge in [0, 0.05) is 16.9 Å². The van der Waals surface area contributed by atoms with Crippen molar-refractivity contribution >= 4 is 28.3 Å². The van der Waals surface area contributed by atoms with Crippen LogP contribution >= 0.6 is 11.3 Å². The van der Waals surface area contributed by atoms with Crippen molar-refractivity contribution in [3.63, 3.8) is 0 Å². The highest BCUT2D eigenvalue weighted by Crippen LogP contribution is 2.40. The van der Waals surface area contributed by atoms with E-state index in [1.165, 1.54) is 24.2 Å². The molecule has 2 N–H and O–H groups in total. The summed E-state index contributed by atoms with van der Waals surface area (Å²) in [6.45, 7) is 4.58. The van der Waals surface area contributed by atoms with Gasteiger partial charge in [0.15, 0.2) is 16.6 Å². The number of nitrogens with one attached hydrogen (secondary N) is 2. The molecule has 8 heteroatoms. The van der Waals surface area contributed by atoms with E-state index < -0.39 is 0 Å². The molecule has 1 saturated carbocycles. The zero-order chi connectivity index (χ0) is 19.2. The van der Waals surface area contributed by atoms with Crippen LogP contribution in [0.15, 0.2) is 23.6 Å². The molecule has 0 radical (unpaired) electrons. The summed E-state index contributed by atoms with van der Waals surface area (Å²) in [5.41, 5.74) is 1.44. The second-order valence-corrected chi connectivity index (χ2v) is 6.97. The third-order valence-electron chi connectivity index (χ3n) is 3.98. The van der Waals surface area contributed by atoms with Crippen LogP contribution in [-0.2, 0) is 4.79 Å². The first-order valence-electron chi connectivity index (χ1n) is 9.03. The Morgan fingerprint density at radius 3 is 2.63 bits per heavy atom. The van der Waals surface area contributed by atoms with Crippen LogP contribution in [0.2, 0.25) is 0 Å². The van der Waals surface area contributed by atoms with Gasteiger partial charge in [-0.05, 0) is 44.9 Å². The average molecular weight is 389 g/mol. The SMILES string of the molecule is CCOc1ccc(C(=O)NCC(=O)Nc2nc(C3CC3)cs2)cc1OCC. The van der Waals surface area contributed by atoms with Crippen LogP contribution < -0.4 is 20.1 Å². The molecule has 1 aromatic heterocycles. The lowest BCUT2D eigenvalue weighted by Crippen LogP contribution is -2.32. The summed E-state index contributed by atoms with van der Waals surface area (Å²) >= 11 is 1.40. The van der Waals surface area contributed by atoms with Gasteiger partial charge in [0.1, 0.15) is 0 Å². The minimum atomic E-state index is -0.355. The third kappa shape index (κ3) is 5.19. The van der Waals surface area contributed by atoms with Gasteiger partial charge in [-0.3, -0.25) is 9.59 Å². The summed E-state index contributed by atoms with van der Waals surface area (Å²) in [6, 6.07) is 4.95. The van der Waals surface area contributed by atoms with E-state index in [2.05, 4.69) is 15.6 Å². The first-order valence-corrected chi connectivity index (χ1v) is 9.91. The van der Waals surface area contributed by atoms with Gasteiger partial charge in [-0.2, -0.15) is 0 Å². The normalized spacial score (nSPS) is 13.1. The molecule has 0 atom stereocenters. The number of rotatable bonds is 9. The summed E-state index contributed by atoms with van der Waals surface area (Å²) in [5.74, 6) is 0.976. The Balaban J connectivity index is 1.54. The molecule has 1 aliphatic carbocycles. The highest BCUT2D eigenvalue weighted by atomic mass is 32.1. The molecule has 27 heavy (non-hydrogen) atoms. The lowest BCUT2D eigenvalue weighted by atomic mass is 10.2. The van der Waals surface area contributed by atoms with Crippen molar-refractivity contribution < 1.29 is 19.1 Å². The maximum Gasteiger partial charge on any atom is 0.251 e. The number of carbonyl (C=O) groups is 2. The van der Waals surface area contributed by atoms with Crippen LogP contribution in [0, 0.1) is 0 Å². The number of amides is 2. The smallest absolute Gasteiger partial charge is 0.251 e. The molecule has 2 aromatic rings. The number of aromatic nitrogens is 1. The number of nitrogens with zero attached hydrogens (tertiary/aromatic N) is 1. The standard InChI is InChI=1S/C19H23N3O4S/c1-3-25-15-8-7-13(9-16(15)26-4-2)18(24)20-10-17(23)22-19-21-14(11-27-19)12-5-6-12/h7-9,11-12H,3-6,10H2,1-2H3,(H,20,24)(H,21,22,23). The van der Waals surface area contributed by atoms with Gasteiger partial charge in [-0.25, -0.2) is 4.98 Å². The summed E-state index contributed by atoms with van der Waals surface area (Å²) in [4.78, 5) is 28.8. The van der Waals surface area contributed by atoms with Crippen LogP contribution in [0.4, 0.5) is 5.13 Å². The van der Waals surface area contributed by atoms with Crippen molar-refractivity contribution in [1.29, 1.82) is 0 Å². The second kappa shape index (κ2) is 8.85. The molecule has 1 aliphatic rings. The first-order chi connectivity index (χ1) is 13.1. The lowest BCUT2D eigenvalue weighted by Gasteiger charge is -2.12. The van der Waals surface area contributed by atoms with Crippen molar-refractivity contribution in [3.05, 3.63) is 34.8 Å². The molecular formula is C19H23N3O4S. The molecular weight excluding hydrogens is 366 g/mol. The van der Waals surface area contributed by atoms with Gasteiger partial charge in [-0.15, -0.1) is 11.3 Å². The zero-order valence-corrected chi connectivity index (χ0v) is 16.2. The van der Waals surface area contributed by atoms with Gasteiger partial charge >= 0.3 is 0 Å². The highest BCUT2D eigenvalue weighted by molar-refractivity contribution is 7.13. The van der Waals surface area contributed by atoms with Crippen LogP contribution in [-0.4, -0.2) is 36.6 Å². The summed E-state index contributed by atoms with van der Waals surface area (Å²) in [5, 5.41) is 7.87. The lowest BCUT2D eigenvalue weighted by molar-refractivity contribution is -0.115. The minimum absolute atomic E-state index is 0.131. The minimum Gasteiger partial charge on any atom is -0.490 e.